The summed E-state index contributed by atoms with van der Waals surface area (Å²) in [4.78, 5) is 12.3. The molecule has 2 aromatic carbocycles. The smallest absolute Gasteiger partial charge is 0.416 e. The lowest BCUT2D eigenvalue weighted by atomic mass is 10.2. The molecule has 1 amide bonds. The van der Waals surface area contributed by atoms with Gasteiger partial charge in [-0.2, -0.15) is 13.2 Å². The van der Waals surface area contributed by atoms with Gasteiger partial charge in [0.15, 0.2) is 0 Å². The molecule has 0 saturated heterocycles. The van der Waals surface area contributed by atoms with Crippen LogP contribution in [0.1, 0.15) is 12.5 Å². The number of carbonyl (C=O) groups excluding carboxylic acids is 1. The van der Waals surface area contributed by atoms with Gasteiger partial charge in [-0.1, -0.05) is 17.7 Å². The highest BCUT2D eigenvalue weighted by molar-refractivity contribution is 6.32. The molecule has 0 bridgehead atoms. The minimum atomic E-state index is -4.49. The highest BCUT2D eigenvalue weighted by atomic mass is 35.5. The van der Waals surface area contributed by atoms with Crippen LogP contribution in [0.25, 0.3) is 0 Å². The van der Waals surface area contributed by atoms with Crippen molar-refractivity contribution in [2.45, 2.75) is 19.1 Å². The molecule has 0 aliphatic rings. The van der Waals surface area contributed by atoms with Crippen molar-refractivity contribution in [3.63, 3.8) is 0 Å². The molecule has 2 rings (SSSR count). The summed E-state index contributed by atoms with van der Waals surface area (Å²) in [5.74, 6) is 0.276. The van der Waals surface area contributed by atoms with E-state index >= 15 is 0 Å². The monoisotopic (exact) mass is 402 g/mol. The number of nitrogens with one attached hydrogen (secondary N) is 2. The molecule has 0 aromatic heterocycles. The van der Waals surface area contributed by atoms with Crippen LogP contribution in [-0.4, -0.2) is 26.2 Å². The maximum absolute atomic E-state index is 12.8. The number of carbonyl (C=O) groups is 1. The lowest BCUT2D eigenvalue weighted by Crippen LogP contribution is -2.32. The molecule has 2 aromatic rings. The van der Waals surface area contributed by atoms with Gasteiger partial charge in [-0.25, -0.2) is 0 Å². The number of methoxy groups -OCH3 is 2. The molecule has 146 valence electrons. The van der Waals surface area contributed by atoms with Gasteiger partial charge >= 0.3 is 6.18 Å². The molecule has 0 saturated carbocycles. The molecule has 1 atom stereocenters. The zero-order valence-corrected chi connectivity index (χ0v) is 15.5. The van der Waals surface area contributed by atoms with E-state index in [1.165, 1.54) is 32.4 Å². The first kappa shape index (κ1) is 20.7. The van der Waals surface area contributed by atoms with E-state index in [9.17, 15) is 18.0 Å². The molecule has 0 unspecified atom stereocenters. The van der Waals surface area contributed by atoms with Crippen molar-refractivity contribution in [3.05, 3.63) is 47.0 Å². The minimum absolute atomic E-state index is 0.0446. The fourth-order valence-electron chi connectivity index (χ4n) is 2.30. The highest BCUT2D eigenvalue weighted by Gasteiger charge is 2.30. The van der Waals surface area contributed by atoms with Gasteiger partial charge in [-0.05, 0) is 31.2 Å². The fraction of sp³-hybridized carbons (Fsp3) is 0.278. The first-order chi connectivity index (χ1) is 12.7. The molecule has 0 heterocycles. The van der Waals surface area contributed by atoms with E-state index in [1.54, 1.807) is 13.0 Å². The number of benzene rings is 2. The zero-order valence-electron chi connectivity index (χ0n) is 14.8. The van der Waals surface area contributed by atoms with Crippen LogP contribution in [0.2, 0.25) is 5.02 Å². The van der Waals surface area contributed by atoms with Crippen molar-refractivity contribution in [1.29, 1.82) is 0 Å². The summed E-state index contributed by atoms with van der Waals surface area (Å²) < 4.78 is 48.7. The molecule has 0 aliphatic heterocycles. The van der Waals surface area contributed by atoms with E-state index < -0.39 is 23.7 Å². The molecule has 0 radical (unpaired) electrons. The minimum Gasteiger partial charge on any atom is -0.495 e. The average Bonchev–Trinajstić information content (AvgIpc) is 2.61. The van der Waals surface area contributed by atoms with Crippen molar-refractivity contribution < 1.29 is 27.4 Å². The maximum Gasteiger partial charge on any atom is 0.416 e. The SMILES string of the molecule is COc1cc(OC)c(N[C@H](C)C(=O)Nc2cccc(C(F)(F)F)c2)cc1Cl. The van der Waals surface area contributed by atoms with Gasteiger partial charge in [0, 0.05) is 11.8 Å². The summed E-state index contributed by atoms with van der Waals surface area (Å²) in [7, 11) is 2.90. The van der Waals surface area contributed by atoms with Crippen molar-refractivity contribution >= 4 is 28.9 Å². The second kappa shape index (κ2) is 8.39. The van der Waals surface area contributed by atoms with Crippen molar-refractivity contribution in [3.8, 4) is 11.5 Å². The summed E-state index contributed by atoms with van der Waals surface area (Å²) >= 11 is 6.08. The van der Waals surface area contributed by atoms with E-state index in [2.05, 4.69) is 10.6 Å². The lowest BCUT2D eigenvalue weighted by molar-refractivity contribution is -0.137. The highest BCUT2D eigenvalue weighted by Crippen LogP contribution is 2.36. The number of rotatable bonds is 6. The molecule has 2 N–H and O–H groups in total. The summed E-state index contributed by atoms with van der Waals surface area (Å²) in [5.41, 5.74) is -0.359. The Morgan fingerprint density at radius 3 is 2.37 bits per heavy atom. The Kier molecular flexibility index (Phi) is 6.43. The topological polar surface area (TPSA) is 59.6 Å². The second-order valence-corrected chi connectivity index (χ2v) is 6.03. The van der Waals surface area contributed by atoms with Gasteiger partial charge in [0.1, 0.15) is 17.5 Å². The summed E-state index contributed by atoms with van der Waals surface area (Å²) in [6.45, 7) is 1.56. The van der Waals surface area contributed by atoms with Crippen molar-refractivity contribution in [1.82, 2.24) is 0 Å². The molecule has 5 nitrogen and oxygen atoms in total. The van der Waals surface area contributed by atoms with Crippen LogP contribution in [0.5, 0.6) is 11.5 Å². The number of hydrogen-bond acceptors (Lipinski definition) is 4. The largest absolute Gasteiger partial charge is 0.495 e. The molecule has 9 heteroatoms. The Balaban J connectivity index is 2.14. The Morgan fingerprint density at radius 1 is 1.11 bits per heavy atom. The van der Waals surface area contributed by atoms with E-state index in [-0.39, 0.29) is 5.69 Å². The van der Waals surface area contributed by atoms with Crippen molar-refractivity contribution in [2.75, 3.05) is 24.9 Å². The summed E-state index contributed by atoms with van der Waals surface area (Å²) in [6.07, 6.45) is -4.49. The third-order valence-corrected chi connectivity index (χ3v) is 3.99. The number of hydrogen-bond donors (Lipinski definition) is 2. The normalized spacial score (nSPS) is 12.3. The third-order valence-electron chi connectivity index (χ3n) is 3.70. The number of alkyl halides is 3. The lowest BCUT2D eigenvalue weighted by Gasteiger charge is -2.19. The van der Waals surface area contributed by atoms with Crippen molar-refractivity contribution in [2.24, 2.45) is 0 Å². The molecule has 0 aliphatic carbocycles. The van der Waals surface area contributed by atoms with Gasteiger partial charge in [-0.15, -0.1) is 0 Å². The van der Waals surface area contributed by atoms with E-state index in [1.807, 2.05) is 0 Å². The zero-order chi connectivity index (χ0) is 20.2. The Morgan fingerprint density at radius 2 is 1.78 bits per heavy atom. The van der Waals surface area contributed by atoms with Crippen LogP contribution in [0.4, 0.5) is 24.5 Å². The maximum atomic E-state index is 12.8. The summed E-state index contributed by atoms with van der Waals surface area (Å²) in [5, 5.41) is 5.68. The van der Waals surface area contributed by atoms with Crippen LogP contribution < -0.4 is 20.1 Å². The molecule has 0 fully saturated rings. The van der Waals surface area contributed by atoms with Gasteiger partial charge in [0.25, 0.3) is 0 Å². The van der Waals surface area contributed by atoms with Gasteiger partial charge in [0.05, 0.1) is 30.5 Å². The summed E-state index contributed by atoms with van der Waals surface area (Å²) in [6, 6.07) is 6.72. The van der Waals surface area contributed by atoms with E-state index in [0.29, 0.717) is 22.2 Å². The molecular weight excluding hydrogens is 385 g/mol. The van der Waals surface area contributed by atoms with E-state index in [0.717, 1.165) is 12.1 Å². The Bertz CT molecular complexity index is 828. The average molecular weight is 403 g/mol. The molecule has 27 heavy (non-hydrogen) atoms. The van der Waals surface area contributed by atoms with Crippen LogP contribution in [-0.2, 0) is 11.0 Å². The first-order valence-electron chi connectivity index (χ1n) is 7.82. The number of ether oxygens (including phenoxy) is 2. The Labute approximate surface area is 159 Å². The number of amides is 1. The van der Waals surface area contributed by atoms with Gasteiger partial charge < -0.3 is 20.1 Å². The number of anilines is 2. The molecular formula is C18H18ClF3N2O3. The van der Waals surface area contributed by atoms with Crippen LogP contribution in [0.15, 0.2) is 36.4 Å². The standard InChI is InChI=1S/C18H18ClF3N2O3/c1-10(23-14-8-13(19)15(26-2)9-16(14)27-3)17(25)24-12-6-4-5-11(7-12)18(20,21)22/h4-10,23H,1-3H3,(H,24,25)/t10-/m1/s1. The Hall–Kier alpha value is -2.61. The predicted molar refractivity (Wildman–Crippen MR) is 97.7 cm³/mol. The first-order valence-corrected chi connectivity index (χ1v) is 8.19. The number of halogens is 4. The fourth-order valence-corrected chi connectivity index (χ4v) is 2.54. The third kappa shape index (κ3) is 5.19. The van der Waals surface area contributed by atoms with Crippen LogP contribution in [0.3, 0.4) is 0 Å². The van der Waals surface area contributed by atoms with E-state index in [4.69, 9.17) is 21.1 Å². The van der Waals surface area contributed by atoms with Crippen LogP contribution in [0, 0.1) is 0 Å². The van der Waals surface area contributed by atoms with Crippen LogP contribution >= 0.6 is 11.6 Å². The predicted octanol–water partition coefficient (Wildman–Crippen LogP) is 4.82. The van der Waals surface area contributed by atoms with Gasteiger partial charge in [0.2, 0.25) is 5.91 Å². The van der Waals surface area contributed by atoms with Gasteiger partial charge in [-0.3, -0.25) is 4.79 Å². The second-order valence-electron chi connectivity index (χ2n) is 5.62. The quantitative estimate of drug-likeness (QED) is 0.727. The molecule has 0 spiro atoms.